The molecule has 0 N–H and O–H groups in total. The van der Waals surface area contributed by atoms with E-state index in [1.54, 1.807) is 37.5 Å². The van der Waals surface area contributed by atoms with E-state index in [9.17, 15) is 9.59 Å². The highest BCUT2D eigenvalue weighted by molar-refractivity contribution is 6.26. The summed E-state index contributed by atoms with van der Waals surface area (Å²) in [6.45, 7) is 1.97. The molecular formula is C19H22O4. The van der Waals surface area contributed by atoms with Crippen molar-refractivity contribution in [3.05, 3.63) is 46.5 Å². The second-order valence-corrected chi connectivity index (χ2v) is 5.62. The monoisotopic (exact) mass is 314 g/mol. The van der Waals surface area contributed by atoms with Crippen molar-refractivity contribution >= 4 is 17.8 Å². The Kier molecular flexibility index (Phi) is 5.74. The van der Waals surface area contributed by atoms with Crippen LogP contribution in [0.5, 0.6) is 5.75 Å². The predicted octanol–water partition coefficient (Wildman–Crippen LogP) is 3.71. The Hall–Kier alpha value is -2.36. The second kappa shape index (κ2) is 7.77. The van der Waals surface area contributed by atoms with E-state index in [1.807, 2.05) is 6.92 Å². The summed E-state index contributed by atoms with van der Waals surface area (Å²) in [7, 11) is 2.88. The van der Waals surface area contributed by atoms with Gasteiger partial charge in [0.15, 0.2) is 5.78 Å². The molecule has 0 radical (unpaired) electrons. The van der Waals surface area contributed by atoms with Gasteiger partial charge in [-0.05, 0) is 62.0 Å². The lowest BCUT2D eigenvalue weighted by atomic mass is 9.87. The van der Waals surface area contributed by atoms with Gasteiger partial charge >= 0.3 is 5.97 Å². The van der Waals surface area contributed by atoms with E-state index in [2.05, 4.69) is 0 Å². The van der Waals surface area contributed by atoms with E-state index in [0.29, 0.717) is 0 Å². The van der Waals surface area contributed by atoms with Gasteiger partial charge in [0.2, 0.25) is 0 Å². The number of allylic oxidation sites excluding steroid dienone is 2. The van der Waals surface area contributed by atoms with Gasteiger partial charge in [-0.25, -0.2) is 4.79 Å². The SMILES string of the molecule is COC(=O)C(=Cc1ccc(OC)cc1)C(=O)C1=C(C)CCCC1. The maximum absolute atomic E-state index is 12.8. The summed E-state index contributed by atoms with van der Waals surface area (Å²) in [5.41, 5.74) is 2.66. The largest absolute Gasteiger partial charge is 0.497 e. The molecule has 0 saturated heterocycles. The molecule has 1 aromatic carbocycles. The first-order valence-corrected chi connectivity index (χ1v) is 7.74. The zero-order valence-corrected chi connectivity index (χ0v) is 13.8. The minimum Gasteiger partial charge on any atom is -0.497 e. The zero-order valence-electron chi connectivity index (χ0n) is 13.8. The fourth-order valence-electron chi connectivity index (χ4n) is 2.72. The normalized spacial score (nSPS) is 15.3. The molecule has 0 bridgehead atoms. The fraction of sp³-hybridized carbons (Fsp3) is 0.368. The smallest absolute Gasteiger partial charge is 0.341 e. The lowest BCUT2D eigenvalue weighted by Crippen LogP contribution is -2.18. The van der Waals surface area contributed by atoms with Crippen LogP contribution in [0.2, 0.25) is 0 Å². The lowest BCUT2D eigenvalue weighted by Gasteiger charge is -2.17. The number of carbonyl (C=O) groups excluding carboxylic acids is 2. The third-order valence-corrected chi connectivity index (χ3v) is 4.09. The van der Waals surface area contributed by atoms with Gasteiger partial charge in [-0.3, -0.25) is 4.79 Å². The van der Waals surface area contributed by atoms with Gasteiger partial charge in [0.1, 0.15) is 11.3 Å². The number of ether oxygens (including phenoxy) is 2. The number of benzene rings is 1. The van der Waals surface area contributed by atoms with Crippen molar-refractivity contribution in [1.82, 2.24) is 0 Å². The molecule has 0 aliphatic heterocycles. The van der Waals surface area contributed by atoms with Crippen LogP contribution in [0.15, 0.2) is 41.0 Å². The fourth-order valence-corrected chi connectivity index (χ4v) is 2.72. The summed E-state index contributed by atoms with van der Waals surface area (Å²) in [5.74, 6) is -0.0968. The van der Waals surface area contributed by atoms with Crippen LogP contribution in [-0.4, -0.2) is 26.0 Å². The van der Waals surface area contributed by atoms with E-state index in [1.165, 1.54) is 7.11 Å². The predicted molar refractivity (Wildman–Crippen MR) is 89.2 cm³/mol. The summed E-state index contributed by atoms with van der Waals surface area (Å²) >= 11 is 0. The first kappa shape index (κ1) is 17.0. The average molecular weight is 314 g/mol. The third kappa shape index (κ3) is 4.09. The molecule has 2 rings (SSSR count). The van der Waals surface area contributed by atoms with Crippen LogP contribution >= 0.6 is 0 Å². The molecule has 122 valence electrons. The summed E-state index contributed by atoms with van der Waals surface area (Å²) in [6, 6.07) is 7.18. The van der Waals surface area contributed by atoms with Crippen LogP contribution in [0, 0.1) is 0 Å². The van der Waals surface area contributed by atoms with Crippen molar-refractivity contribution in [2.24, 2.45) is 0 Å². The van der Waals surface area contributed by atoms with Gasteiger partial charge in [0.25, 0.3) is 0 Å². The first-order valence-electron chi connectivity index (χ1n) is 7.74. The molecule has 0 saturated carbocycles. The number of Topliss-reactive ketones (excluding diaryl/α,β-unsaturated/α-hetero) is 1. The van der Waals surface area contributed by atoms with E-state index in [-0.39, 0.29) is 11.4 Å². The summed E-state index contributed by atoms with van der Waals surface area (Å²) in [6.07, 6.45) is 5.30. The summed E-state index contributed by atoms with van der Waals surface area (Å²) < 4.78 is 9.91. The third-order valence-electron chi connectivity index (χ3n) is 4.09. The maximum Gasteiger partial charge on any atom is 0.341 e. The number of carbonyl (C=O) groups is 2. The van der Waals surface area contributed by atoms with Crippen molar-refractivity contribution in [3.63, 3.8) is 0 Å². The van der Waals surface area contributed by atoms with Gasteiger partial charge in [-0.1, -0.05) is 17.7 Å². The van der Waals surface area contributed by atoms with Gasteiger partial charge < -0.3 is 9.47 Å². The van der Waals surface area contributed by atoms with Gasteiger partial charge in [-0.15, -0.1) is 0 Å². The van der Waals surface area contributed by atoms with E-state index in [0.717, 1.165) is 48.1 Å². The minimum absolute atomic E-state index is 0.0777. The number of rotatable bonds is 5. The van der Waals surface area contributed by atoms with Crippen molar-refractivity contribution in [2.75, 3.05) is 14.2 Å². The molecule has 1 aliphatic rings. The van der Waals surface area contributed by atoms with Crippen molar-refractivity contribution in [2.45, 2.75) is 32.6 Å². The number of methoxy groups -OCH3 is 2. The average Bonchev–Trinajstić information content (AvgIpc) is 2.59. The van der Waals surface area contributed by atoms with Crippen molar-refractivity contribution in [3.8, 4) is 5.75 Å². The molecular weight excluding hydrogens is 292 g/mol. The molecule has 1 aliphatic carbocycles. The molecule has 0 unspecified atom stereocenters. The topological polar surface area (TPSA) is 52.6 Å². The Labute approximate surface area is 136 Å². The number of hydrogen-bond acceptors (Lipinski definition) is 4. The van der Waals surface area contributed by atoms with Crippen LogP contribution in [0.4, 0.5) is 0 Å². The molecule has 0 amide bonds. The molecule has 4 heteroatoms. The van der Waals surface area contributed by atoms with E-state index in [4.69, 9.17) is 9.47 Å². The van der Waals surface area contributed by atoms with Crippen LogP contribution in [0.1, 0.15) is 38.2 Å². The summed E-state index contributed by atoms with van der Waals surface area (Å²) in [5, 5.41) is 0. The standard InChI is InChI=1S/C19H22O4/c1-13-6-4-5-7-16(13)18(20)17(19(21)23-3)12-14-8-10-15(22-2)11-9-14/h8-12H,4-7H2,1-3H3. The Morgan fingerprint density at radius 2 is 1.70 bits per heavy atom. The van der Waals surface area contributed by atoms with Gasteiger partial charge in [0.05, 0.1) is 14.2 Å². The van der Waals surface area contributed by atoms with Crippen LogP contribution in [0.25, 0.3) is 6.08 Å². The summed E-state index contributed by atoms with van der Waals surface area (Å²) in [4.78, 5) is 24.9. The van der Waals surface area contributed by atoms with E-state index < -0.39 is 5.97 Å². The van der Waals surface area contributed by atoms with Crippen LogP contribution in [-0.2, 0) is 14.3 Å². The Balaban J connectivity index is 2.38. The Morgan fingerprint density at radius 3 is 2.26 bits per heavy atom. The number of hydrogen-bond donors (Lipinski definition) is 0. The Bertz CT molecular complexity index is 650. The highest BCUT2D eigenvalue weighted by Crippen LogP contribution is 2.28. The van der Waals surface area contributed by atoms with Crippen LogP contribution in [0.3, 0.4) is 0 Å². The highest BCUT2D eigenvalue weighted by atomic mass is 16.5. The Morgan fingerprint density at radius 1 is 1.04 bits per heavy atom. The number of ketones is 1. The number of esters is 1. The minimum atomic E-state index is -0.600. The quantitative estimate of drug-likeness (QED) is 0.360. The second-order valence-electron chi connectivity index (χ2n) is 5.62. The molecule has 0 aromatic heterocycles. The molecule has 0 fully saturated rings. The molecule has 0 spiro atoms. The van der Waals surface area contributed by atoms with Gasteiger partial charge in [0, 0.05) is 0 Å². The van der Waals surface area contributed by atoms with Gasteiger partial charge in [-0.2, -0.15) is 0 Å². The van der Waals surface area contributed by atoms with Crippen LogP contribution < -0.4 is 4.74 Å². The zero-order chi connectivity index (χ0) is 16.8. The van der Waals surface area contributed by atoms with Crippen molar-refractivity contribution < 1.29 is 19.1 Å². The molecule has 4 nitrogen and oxygen atoms in total. The molecule has 1 aromatic rings. The van der Waals surface area contributed by atoms with E-state index >= 15 is 0 Å². The van der Waals surface area contributed by atoms with Crippen molar-refractivity contribution in [1.29, 1.82) is 0 Å². The molecule has 0 heterocycles. The molecule has 23 heavy (non-hydrogen) atoms. The maximum atomic E-state index is 12.8. The lowest BCUT2D eigenvalue weighted by molar-refractivity contribution is -0.137. The first-order chi connectivity index (χ1) is 11.1. The highest BCUT2D eigenvalue weighted by Gasteiger charge is 2.25. The molecule has 0 atom stereocenters.